The van der Waals surface area contributed by atoms with Gasteiger partial charge in [-0.1, -0.05) is 24.2 Å². The molecule has 0 aliphatic rings. The zero-order valence-corrected chi connectivity index (χ0v) is 12.0. The lowest BCUT2D eigenvalue weighted by molar-refractivity contribution is 0.294. The number of hydrogen-bond donors (Lipinski definition) is 1. The molecule has 0 aliphatic carbocycles. The normalized spacial score (nSPS) is 11.7. The van der Waals surface area contributed by atoms with E-state index in [0.29, 0.717) is 12.3 Å². The van der Waals surface area contributed by atoms with Gasteiger partial charge in [-0.25, -0.2) is 0 Å². The van der Waals surface area contributed by atoms with Crippen molar-refractivity contribution in [1.29, 1.82) is 0 Å². The molecule has 0 radical (unpaired) electrons. The minimum atomic E-state index is 0.461. The van der Waals surface area contributed by atoms with Crippen LogP contribution in [0.4, 0.5) is 0 Å². The Labute approximate surface area is 118 Å². The summed E-state index contributed by atoms with van der Waals surface area (Å²) >= 11 is 0. The van der Waals surface area contributed by atoms with Crippen molar-refractivity contribution in [3.05, 3.63) is 47.3 Å². The zero-order valence-electron chi connectivity index (χ0n) is 12.0. The third-order valence-corrected chi connectivity index (χ3v) is 3.18. The van der Waals surface area contributed by atoms with Crippen LogP contribution in [-0.2, 0) is 20.1 Å². The molecule has 5 heteroatoms. The standard InChI is InChI=1S/C15H19N3O2/c1-4-13-9-14(18(3)16-13)10-20-15-7-5-6-12(8-15)11(2)17-19/h5-9,19H,4,10H2,1-3H3. The maximum absolute atomic E-state index is 8.79. The number of ether oxygens (including phenoxy) is 1. The lowest BCUT2D eigenvalue weighted by Crippen LogP contribution is -2.03. The lowest BCUT2D eigenvalue weighted by Gasteiger charge is -2.07. The second-order valence-corrected chi connectivity index (χ2v) is 4.61. The van der Waals surface area contributed by atoms with Crippen LogP contribution in [-0.4, -0.2) is 20.7 Å². The fourth-order valence-electron chi connectivity index (χ4n) is 1.91. The zero-order chi connectivity index (χ0) is 14.5. The van der Waals surface area contributed by atoms with Crippen molar-refractivity contribution in [2.45, 2.75) is 26.9 Å². The summed E-state index contributed by atoms with van der Waals surface area (Å²) in [5, 5.41) is 16.4. The summed E-state index contributed by atoms with van der Waals surface area (Å²) in [6.45, 7) is 4.28. The summed E-state index contributed by atoms with van der Waals surface area (Å²) in [4.78, 5) is 0. The first-order valence-electron chi connectivity index (χ1n) is 6.57. The Morgan fingerprint density at radius 1 is 1.40 bits per heavy atom. The third kappa shape index (κ3) is 3.17. The number of benzene rings is 1. The number of aryl methyl sites for hydroxylation is 2. The Morgan fingerprint density at radius 3 is 2.85 bits per heavy atom. The maximum Gasteiger partial charge on any atom is 0.130 e. The van der Waals surface area contributed by atoms with Gasteiger partial charge in [-0.05, 0) is 31.5 Å². The first-order valence-corrected chi connectivity index (χ1v) is 6.57. The van der Waals surface area contributed by atoms with Gasteiger partial charge < -0.3 is 9.94 Å². The van der Waals surface area contributed by atoms with Crippen LogP contribution in [0.2, 0.25) is 0 Å². The molecule has 0 aliphatic heterocycles. The van der Waals surface area contributed by atoms with E-state index >= 15 is 0 Å². The van der Waals surface area contributed by atoms with E-state index in [1.54, 1.807) is 6.92 Å². The molecule has 0 unspecified atom stereocenters. The van der Waals surface area contributed by atoms with Crippen LogP contribution in [0.1, 0.15) is 30.8 Å². The van der Waals surface area contributed by atoms with Crippen molar-refractivity contribution >= 4 is 5.71 Å². The molecule has 0 amide bonds. The van der Waals surface area contributed by atoms with Gasteiger partial charge in [0.1, 0.15) is 12.4 Å². The molecule has 0 saturated carbocycles. The highest BCUT2D eigenvalue weighted by Crippen LogP contribution is 2.16. The Bertz CT molecular complexity index is 617. The molecular formula is C15H19N3O2. The second kappa shape index (κ2) is 6.23. The molecule has 0 fully saturated rings. The molecule has 2 aromatic rings. The van der Waals surface area contributed by atoms with Gasteiger partial charge in [0.05, 0.1) is 17.1 Å². The van der Waals surface area contributed by atoms with Gasteiger partial charge in [0.25, 0.3) is 0 Å². The molecule has 106 valence electrons. The van der Waals surface area contributed by atoms with Crippen LogP contribution in [0.15, 0.2) is 35.5 Å². The minimum absolute atomic E-state index is 0.461. The molecule has 1 aromatic heterocycles. The van der Waals surface area contributed by atoms with Gasteiger partial charge in [0.15, 0.2) is 0 Å². The molecular weight excluding hydrogens is 254 g/mol. The topological polar surface area (TPSA) is 59.6 Å². The van der Waals surface area contributed by atoms with Crippen molar-refractivity contribution in [2.24, 2.45) is 12.2 Å². The molecule has 1 N–H and O–H groups in total. The quantitative estimate of drug-likeness (QED) is 0.517. The SMILES string of the molecule is CCc1cc(COc2cccc(C(C)=NO)c2)n(C)n1. The van der Waals surface area contributed by atoms with E-state index in [0.717, 1.165) is 29.1 Å². The summed E-state index contributed by atoms with van der Waals surface area (Å²) in [6.07, 6.45) is 0.912. The molecule has 1 heterocycles. The molecule has 0 bridgehead atoms. The minimum Gasteiger partial charge on any atom is -0.487 e. The highest BCUT2D eigenvalue weighted by atomic mass is 16.5. The Hall–Kier alpha value is -2.30. The molecule has 0 atom stereocenters. The summed E-state index contributed by atoms with van der Waals surface area (Å²) in [7, 11) is 1.91. The van der Waals surface area contributed by atoms with Crippen molar-refractivity contribution < 1.29 is 9.94 Å². The van der Waals surface area contributed by atoms with E-state index in [-0.39, 0.29) is 0 Å². The fourth-order valence-corrected chi connectivity index (χ4v) is 1.91. The summed E-state index contributed by atoms with van der Waals surface area (Å²) in [6, 6.07) is 9.53. The molecule has 2 rings (SSSR count). The largest absolute Gasteiger partial charge is 0.487 e. The average molecular weight is 273 g/mol. The van der Waals surface area contributed by atoms with Gasteiger partial charge >= 0.3 is 0 Å². The van der Waals surface area contributed by atoms with Gasteiger partial charge in [-0.2, -0.15) is 5.10 Å². The maximum atomic E-state index is 8.79. The molecule has 0 spiro atoms. The summed E-state index contributed by atoms with van der Waals surface area (Å²) in [5.74, 6) is 0.741. The number of nitrogens with zero attached hydrogens (tertiary/aromatic N) is 3. The Kier molecular flexibility index (Phi) is 4.40. The van der Waals surface area contributed by atoms with E-state index < -0.39 is 0 Å². The fraction of sp³-hybridized carbons (Fsp3) is 0.333. The predicted molar refractivity (Wildman–Crippen MR) is 77.4 cm³/mol. The highest BCUT2D eigenvalue weighted by Gasteiger charge is 2.05. The van der Waals surface area contributed by atoms with E-state index in [1.807, 2.05) is 42.1 Å². The van der Waals surface area contributed by atoms with Crippen LogP contribution >= 0.6 is 0 Å². The number of rotatable bonds is 5. The van der Waals surface area contributed by atoms with Gasteiger partial charge in [-0.15, -0.1) is 0 Å². The van der Waals surface area contributed by atoms with E-state index in [1.165, 1.54) is 0 Å². The smallest absolute Gasteiger partial charge is 0.130 e. The van der Waals surface area contributed by atoms with Gasteiger partial charge in [-0.3, -0.25) is 4.68 Å². The molecule has 20 heavy (non-hydrogen) atoms. The second-order valence-electron chi connectivity index (χ2n) is 4.61. The number of oxime groups is 1. The van der Waals surface area contributed by atoms with Crippen LogP contribution in [0, 0.1) is 0 Å². The van der Waals surface area contributed by atoms with Crippen LogP contribution in [0.5, 0.6) is 5.75 Å². The van der Waals surface area contributed by atoms with Gasteiger partial charge in [0.2, 0.25) is 0 Å². The van der Waals surface area contributed by atoms with E-state index in [2.05, 4.69) is 17.2 Å². The van der Waals surface area contributed by atoms with Crippen LogP contribution in [0.25, 0.3) is 0 Å². The third-order valence-electron chi connectivity index (χ3n) is 3.18. The van der Waals surface area contributed by atoms with Crippen molar-refractivity contribution in [2.75, 3.05) is 0 Å². The molecule has 0 saturated heterocycles. The van der Waals surface area contributed by atoms with Crippen molar-refractivity contribution in [3.8, 4) is 5.75 Å². The van der Waals surface area contributed by atoms with Crippen molar-refractivity contribution in [3.63, 3.8) is 0 Å². The summed E-state index contributed by atoms with van der Waals surface area (Å²) in [5.41, 5.74) is 3.48. The summed E-state index contributed by atoms with van der Waals surface area (Å²) < 4.78 is 7.60. The first kappa shape index (κ1) is 14.1. The van der Waals surface area contributed by atoms with Crippen LogP contribution < -0.4 is 4.74 Å². The lowest BCUT2D eigenvalue weighted by atomic mass is 10.1. The molecule has 1 aromatic carbocycles. The van der Waals surface area contributed by atoms with Gasteiger partial charge in [0, 0.05) is 12.6 Å². The monoisotopic (exact) mass is 273 g/mol. The predicted octanol–water partition coefficient (Wildman–Crippen LogP) is 2.76. The Morgan fingerprint density at radius 2 is 2.20 bits per heavy atom. The number of aromatic nitrogens is 2. The van der Waals surface area contributed by atoms with E-state index in [9.17, 15) is 0 Å². The van der Waals surface area contributed by atoms with E-state index in [4.69, 9.17) is 9.94 Å². The molecule has 5 nitrogen and oxygen atoms in total. The van der Waals surface area contributed by atoms with Crippen molar-refractivity contribution in [1.82, 2.24) is 9.78 Å². The first-order chi connectivity index (χ1) is 9.63. The highest BCUT2D eigenvalue weighted by molar-refractivity contribution is 5.98. The number of hydrogen-bond acceptors (Lipinski definition) is 4. The average Bonchev–Trinajstić information content (AvgIpc) is 2.85. The van der Waals surface area contributed by atoms with Crippen LogP contribution in [0.3, 0.4) is 0 Å². The Balaban J connectivity index is 2.09.